The minimum absolute atomic E-state index is 0.440. The molecule has 0 fully saturated rings. The van der Waals surface area contributed by atoms with E-state index in [0.29, 0.717) is 25.0 Å². The monoisotopic (exact) mass is 233 g/mol. The van der Waals surface area contributed by atoms with Gasteiger partial charge in [-0.2, -0.15) is 4.98 Å². The number of rotatable bonds is 5. The summed E-state index contributed by atoms with van der Waals surface area (Å²) in [5.74, 6) is 0.623. The maximum Gasteiger partial charge on any atom is 0.321 e. The Bertz CT molecular complexity index is 482. The number of ether oxygens (including phenoxy) is 1. The second-order valence-corrected chi connectivity index (χ2v) is 3.70. The van der Waals surface area contributed by atoms with Crippen molar-refractivity contribution in [3.8, 4) is 0 Å². The van der Waals surface area contributed by atoms with Crippen molar-refractivity contribution in [3.63, 3.8) is 0 Å². The summed E-state index contributed by atoms with van der Waals surface area (Å²) in [4.78, 5) is 4.08. The molecule has 0 atom stereocenters. The summed E-state index contributed by atoms with van der Waals surface area (Å²) >= 11 is 0. The SMILES string of the molecule is COCc1ccccc1CNc1nc(C)no1. The van der Waals surface area contributed by atoms with Crippen LogP contribution in [0.1, 0.15) is 17.0 Å². The van der Waals surface area contributed by atoms with Gasteiger partial charge < -0.3 is 14.6 Å². The zero-order chi connectivity index (χ0) is 12.1. The zero-order valence-corrected chi connectivity index (χ0v) is 9.93. The molecule has 0 amide bonds. The molecule has 0 bridgehead atoms. The van der Waals surface area contributed by atoms with Crippen molar-refractivity contribution in [2.75, 3.05) is 12.4 Å². The number of nitrogens with zero attached hydrogens (tertiary/aromatic N) is 2. The summed E-state index contributed by atoms with van der Waals surface area (Å²) in [6.07, 6.45) is 0. The topological polar surface area (TPSA) is 60.2 Å². The predicted molar refractivity (Wildman–Crippen MR) is 63.5 cm³/mol. The molecule has 0 unspecified atom stereocenters. The Labute approximate surface area is 99.8 Å². The van der Waals surface area contributed by atoms with Crippen LogP contribution in [-0.4, -0.2) is 17.3 Å². The van der Waals surface area contributed by atoms with Crippen LogP contribution in [0.3, 0.4) is 0 Å². The van der Waals surface area contributed by atoms with Gasteiger partial charge in [0.1, 0.15) is 0 Å². The molecule has 0 aliphatic heterocycles. The quantitative estimate of drug-likeness (QED) is 0.857. The number of hydrogen-bond donors (Lipinski definition) is 1. The lowest BCUT2D eigenvalue weighted by molar-refractivity contribution is 0.184. The normalized spacial score (nSPS) is 10.5. The van der Waals surface area contributed by atoms with Crippen LogP contribution >= 0.6 is 0 Å². The maximum atomic E-state index is 5.15. The summed E-state index contributed by atoms with van der Waals surface area (Å²) in [5.41, 5.74) is 2.31. The highest BCUT2D eigenvalue weighted by Crippen LogP contribution is 2.12. The molecule has 0 radical (unpaired) electrons. The summed E-state index contributed by atoms with van der Waals surface area (Å²) in [5, 5.41) is 6.80. The minimum atomic E-state index is 0.440. The average Bonchev–Trinajstić information content (AvgIpc) is 2.74. The molecule has 0 saturated heterocycles. The molecule has 1 aromatic heterocycles. The van der Waals surface area contributed by atoms with Gasteiger partial charge in [0.15, 0.2) is 5.82 Å². The Hall–Kier alpha value is -1.88. The van der Waals surface area contributed by atoms with Gasteiger partial charge in [0.2, 0.25) is 0 Å². The van der Waals surface area contributed by atoms with Crippen molar-refractivity contribution in [1.29, 1.82) is 0 Å². The molecule has 90 valence electrons. The Kier molecular flexibility index (Phi) is 3.72. The summed E-state index contributed by atoms with van der Waals surface area (Å²) < 4.78 is 10.1. The first-order valence-electron chi connectivity index (χ1n) is 5.39. The van der Waals surface area contributed by atoms with Crippen LogP contribution in [0.15, 0.2) is 28.8 Å². The second-order valence-electron chi connectivity index (χ2n) is 3.70. The first-order chi connectivity index (χ1) is 8.29. The van der Waals surface area contributed by atoms with Gasteiger partial charge >= 0.3 is 6.01 Å². The zero-order valence-electron chi connectivity index (χ0n) is 9.93. The summed E-state index contributed by atoms with van der Waals surface area (Å²) in [6.45, 7) is 3.02. The predicted octanol–water partition coefficient (Wildman–Crippen LogP) is 2.14. The van der Waals surface area contributed by atoms with E-state index in [2.05, 4.69) is 15.5 Å². The Balaban J connectivity index is 2.03. The van der Waals surface area contributed by atoms with Crippen molar-refractivity contribution in [3.05, 3.63) is 41.2 Å². The molecule has 17 heavy (non-hydrogen) atoms. The highest BCUT2D eigenvalue weighted by atomic mass is 16.5. The van der Waals surface area contributed by atoms with Crippen molar-refractivity contribution < 1.29 is 9.26 Å². The molecule has 1 heterocycles. The number of benzene rings is 1. The molecule has 5 nitrogen and oxygen atoms in total. The molecule has 2 aromatic rings. The van der Waals surface area contributed by atoms with Crippen LogP contribution in [0.25, 0.3) is 0 Å². The molecule has 0 aliphatic rings. The fourth-order valence-corrected chi connectivity index (χ4v) is 1.57. The number of nitrogens with one attached hydrogen (secondary N) is 1. The summed E-state index contributed by atoms with van der Waals surface area (Å²) in [7, 11) is 1.69. The van der Waals surface area contributed by atoms with Gasteiger partial charge in [-0.3, -0.25) is 0 Å². The third-order valence-electron chi connectivity index (χ3n) is 2.38. The van der Waals surface area contributed by atoms with E-state index in [9.17, 15) is 0 Å². The van der Waals surface area contributed by atoms with Crippen LogP contribution in [0, 0.1) is 6.92 Å². The average molecular weight is 233 g/mol. The number of methoxy groups -OCH3 is 1. The van der Waals surface area contributed by atoms with Gasteiger partial charge in [0.25, 0.3) is 0 Å². The molecule has 0 spiro atoms. The van der Waals surface area contributed by atoms with E-state index in [0.717, 1.165) is 11.1 Å². The number of hydrogen-bond acceptors (Lipinski definition) is 5. The molecule has 2 rings (SSSR count). The Morgan fingerprint density at radius 1 is 1.29 bits per heavy atom. The molecular formula is C12H15N3O2. The lowest BCUT2D eigenvalue weighted by atomic mass is 10.1. The standard InChI is InChI=1S/C12H15N3O2/c1-9-14-12(17-15-9)13-7-10-5-3-4-6-11(10)8-16-2/h3-6H,7-8H2,1-2H3,(H,13,14,15). The molecule has 0 saturated carbocycles. The van der Waals surface area contributed by atoms with E-state index >= 15 is 0 Å². The lowest BCUT2D eigenvalue weighted by Gasteiger charge is -2.08. The number of aromatic nitrogens is 2. The largest absolute Gasteiger partial charge is 0.380 e. The van der Waals surface area contributed by atoms with E-state index in [1.807, 2.05) is 24.3 Å². The molecule has 0 aliphatic carbocycles. The fourth-order valence-electron chi connectivity index (χ4n) is 1.57. The first-order valence-corrected chi connectivity index (χ1v) is 5.39. The molecule has 5 heteroatoms. The van der Waals surface area contributed by atoms with Crippen LogP contribution in [0.4, 0.5) is 6.01 Å². The van der Waals surface area contributed by atoms with E-state index < -0.39 is 0 Å². The second kappa shape index (κ2) is 5.45. The number of aryl methyl sites for hydroxylation is 1. The van der Waals surface area contributed by atoms with Crippen LogP contribution in [0.5, 0.6) is 0 Å². The Morgan fingerprint density at radius 2 is 2.06 bits per heavy atom. The summed E-state index contributed by atoms with van der Waals surface area (Å²) in [6, 6.07) is 8.52. The van der Waals surface area contributed by atoms with Gasteiger partial charge in [-0.15, -0.1) is 0 Å². The molecule has 1 aromatic carbocycles. The fraction of sp³-hybridized carbons (Fsp3) is 0.333. The Morgan fingerprint density at radius 3 is 2.71 bits per heavy atom. The van der Waals surface area contributed by atoms with E-state index in [1.165, 1.54) is 0 Å². The van der Waals surface area contributed by atoms with Crippen molar-refractivity contribution in [1.82, 2.24) is 10.1 Å². The van der Waals surface area contributed by atoms with E-state index in [-0.39, 0.29) is 0 Å². The van der Waals surface area contributed by atoms with Gasteiger partial charge in [-0.1, -0.05) is 29.4 Å². The van der Waals surface area contributed by atoms with Crippen LogP contribution in [0.2, 0.25) is 0 Å². The van der Waals surface area contributed by atoms with Crippen molar-refractivity contribution in [2.24, 2.45) is 0 Å². The lowest BCUT2D eigenvalue weighted by Crippen LogP contribution is -2.03. The van der Waals surface area contributed by atoms with E-state index in [4.69, 9.17) is 9.26 Å². The van der Waals surface area contributed by atoms with Crippen LogP contribution in [-0.2, 0) is 17.9 Å². The van der Waals surface area contributed by atoms with Gasteiger partial charge in [-0.25, -0.2) is 0 Å². The first kappa shape index (κ1) is 11.6. The molecular weight excluding hydrogens is 218 g/mol. The van der Waals surface area contributed by atoms with Gasteiger partial charge in [-0.05, 0) is 18.1 Å². The smallest absolute Gasteiger partial charge is 0.321 e. The van der Waals surface area contributed by atoms with Gasteiger partial charge in [0, 0.05) is 13.7 Å². The third kappa shape index (κ3) is 3.04. The molecule has 1 N–H and O–H groups in total. The maximum absolute atomic E-state index is 5.15. The van der Waals surface area contributed by atoms with Gasteiger partial charge in [0.05, 0.1) is 6.61 Å². The highest BCUT2D eigenvalue weighted by molar-refractivity contribution is 5.30. The van der Waals surface area contributed by atoms with Crippen molar-refractivity contribution >= 4 is 6.01 Å². The van der Waals surface area contributed by atoms with Crippen molar-refractivity contribution in [2.45, 2.75) is 20.1 Å². The minimum Gasteiger partial charge on any atom is -0.380 e. The highest BCUT2D eigenvalue weighted by Gasteiger charge is 2.04. The number of anilines is 1. The third-order valence-corrected chi connectivity index (χ3v) is 2.38. The van der Waals surface area contributed by atoms with E-state index in [1.54, 1.807) is 14.0 Å². The van der Waals surface area contributed by atoms with Crippen LogP contribution < -0.4 is 5.32 Å².